The van der Waals surface area contributed by atoms with Crippen molar-refractivity contribution in [3.05, 3.63) is 65.7 Å². The highest BCUT2D eigenvalue weighted by atomic mass is 16.4. The molecule has 0 radical (unpaired) electrons. The molecule has 0 aliphatic carbocycles. The molecule has 0 spiro atoms. The maximum atomic E-state index is 12.8. The Labute approximate surface area is 168 Å². The van der Waals surface area contributed by atoms with Gasteiger partial charge in [0.2, 0.25) is 11.8 Å². The summed E-state index contributed by atoms with van der Waals surface area (Å²) < 4.78 is 7.32. The second kappa shape index (κ2) is 8.48. The van der Waals surface area contributed by atoms with Crippen LogP contribution in [-0.4, -0.2) is 16.4 Å². The first-order valence-electron chi connectivity index (χ1n) is 9.27. The fourth-order valence-corrected chi connectivity index (χ4v) is 2.97. The molecule has 2 amide bonds. The molecule has 0 unspecified atom stereocenters. The van der Waals surface area contributed by atoms with Crippen molar-refractivity contribution in [1.82, 2.24) is 4.57 Å². The average Bonchev–Trinajstić information content (AvgIpc) is 3.29. The minimum Gasteiger partial charge on any atom is -0.443 e. The topological polar surface area (TPSA) is 100 Å². The number of rotatable bonds is 6. The van der Waals surface area contributed by atoms with Gasteiger partial charge in [0.1, 0.15) is 23.0 Å². The van der Waals surface area contributed by atoms with Crippen molar-refractivity contribution >= 4 is 23.2 Å². The van der Waals surface area contributed by atoms with Gasteiger partial charge in [0.05, 0.1) is 0 Å². The Hall–Kier alpha value is -3.79. The second-order valence-corrected chi connectivity index (χ2v) is 7.09. The molecule has 2 heterocycles. The molecule has 0 bridgehead atoms. The van der Waals surface area contributed by atoms with Crippen molar-refractivity contribution in [2.75, 3.05) is 10.6 Å². The van der Waals surface area contributed by atoms with E-state index < -0.39 is 5.91 Å². The van der Waals surface area contributed by atoms with Gasteiger partial charge in [-0.3, -0.25) is 14.2 Å². The van der Waals surface area contributed by atoms with Gasteiger partial charge in [0, 0.05) is 30.2 Å². The number of aryl methyl sites for hydroxylation is 1. The third kappa shape index (κ3) is 4.55. The Morgan fingerprint density at radius 2 is 1.69 bits per heavy atom. The number of carbonyl (C=O) groups is 2. The molecule has 3 aromatic rings. The number of aromatic nitrogens is 1. The number of nitriles is 1. The molecule has 0 aliphatic heterocycles. The molecule has 3 rings (SSSR count). The molecule has 148 valence electrons. The predicted octanol–water partition coefficient (Wildman–Crippen LogP) is 4.49. The Kier molecular flexibility index (Phi) is 5.84. The van der Waals surface area contributed by atoms with E-state index in [-0.39, 0.29) is 23.0 Å². The lowest BCUT2D eigenvalue weighted by atomic mass is 10.1. The highest BCUT2D eigenvalue weighted by molar-refractivity contribution is 6.07. The lowest BCUT2D eigenvalue weighted by Crippen LogP contribution is -2.15. The second-order valence-electron chi connectivity index (χ2n) is 7.09. The molecule has 0 fully saturated rings. The molecule has 1 aromatic carbocycles. The fourth-order valence-electron chi connectivity index (χ4n) is 2.97. The summed E-state index contributed by atoms with van der Waals surface area (Å²) in [6.45, 7) is 5.61. The minimum atomic E-state index is -0.433. The van der Waals surface area contributed by atoms with E-state index in [0.717, 1.165) is 0 Å². The van der Waals surface area contributed by atoms with E-state index in [2.05, 4.69) is 16.7 Å². The van der Waals surface area contributed by atoms with Gasteiger partial charge in [-0.1, -0.05) is 13.8 Å². The summed E-state index contributed by atoms with van der Waals surface area (Å²) in [5.74, 6) is 0.459. The van der Waals surface area contributed by atoms with Crippen molar-refractivity contribution < 1.29 is 14.0 Å². The van der Waals surface area contributed by atoms with Crippen molar-refractivity contribution in [2.45, 2.75) is 27.2 Å². The molecule has 0 saturated heterocycles. The van der Waals surface area contributed by atoms with E-state index in [1.165, 1.54) is 0 Å². The summed E-state index contributed by atoms with van der Waals surface area (Å²) in [5.41, 5.74) is 1.57. The maximum Gasteiger partial charge on any atom is 0.260 e. The van der Waals surface area contributed by atoms with Crippen molar-refractivity contribution in [3.63, 3.8) is 0 Å². The molecule has 29 heavy (non-hydrogen) atoms. The molecular weight excluding hydrogens is 368 g/mol. The van der Waals surface area contributed by atoms with E-state index in [0.29, 0.717) is 29.4 Å². The van der Waals surface area contributed by atoms with Crippen LogP contribution in [-0.2, 0) is 4.79 Å². The van der Waals surface area contributed by atoms with Gasteiger partial charge in [-0.25, -0.2) is 0 Å². The summed E-state index contributed by atoms with van der Waals surface area (Å²) in [6, 6.07) is 12.5. The van der Waals surface area contributed by atoms with E-state index in [9.17, 15) is 14.9 Å². The molecule has 2 N–H and O–H groups in total. The van der Waals surface area contributed by atoms with Crippen molar-refractivity contribution in [3.8, 4) is 12.0 Å². The number of anilines is 2. The first-order valence-corrected chi connectivity index (χ1v) is 9.27. The lowest BCUT2D eigenvalue weighted by Gasteiger charge is -2.09. The summed E-state index contributed by atoms with van der Waals surface area (Å²) in [6.07, 6.45) is 3.93. The smallest absolute Gasteiger partial charge is 0.260 e. The van der Waals surface area contributed by atoms with Crippen molar-refractivity contribution in [2.24, 2.45) is 5.92 Å². The Morgan fingerprint density at radius 1 is 1.10 bits per heavy atom. The third-order valence-corrected chi connectivity index (χ3v) is 4.26. The van der Waals surface area contributed by atoms with Crippen LogP contribution in [0.5, 0.6) is 0 Å². The first kappa shape index (κ1) is 20.0. The monoisotopic (exact) mass is 390 g/mol. The van der Waals surface area contributed by atoms with Crippen LogP contribution in [0.3, 0.4) is 0 Å². The Morgan fingerprint density at radius 3 is 2.24 bits per heavy atom. The molecule has 0 atom stereocenters. The number of amides is 2. The van der Waals surface area contributed by atoms with E-state index >= 15 is 0 Å². The standard InChI is InChI=1S/C22H22N4O3/c1-14(2)12-19(27)24-16-6-8-17(9-7-16)25-21(28)20-15(3)29-22(18(20)13-23)26-10-4-5-11-26/h4-11,14H,12H2,1-3H3,(H,24,27)(H,25,28). The Balaban J connectivity index is 1.76. The highest BCUT2D eigenvalue weighted by Gasteiger charge is 2.24. The summed E-state index contributed by atoms with van der Waals surface area (Å²) in [4.78, 5) is 24.6. The predicted molar refractivity (Wildman–Crippen MR) is 110 cm³/mol. The summed E-state index contributed by atoms with van der Waals surface area (Å²) in [5, 5.41) is 15.2. The van der Waals surface area contributed by atoms with Gasteiger partial charge >= 0.3 is 0 Å². The molecule has 0 aliphatic rings. The molecule has 7 heteroatoms. The third-order valence-electron chi connectivity index (χ3n) is 4.26. The number of hydrogen-bond acceptors (Lipinski definition) is 4. The summed E-state index contributed by atoms with van der Waals surface area (Å²) >= 11 is 0. The number of hydrogen-bond donors (Lipinski definition) is 2. The van der Waals surface area contributed by atoms with Crippen LogP contribution in [0, 0.1) is 24.2 Å². The van der Waals surface area contributed by atoms with Crippen LogP contribution in [0.25, 0.3) is 5.88 Å². The van der Waals surface area contributed by atoms with Gasteiger partial charge < -0.3 is 15.1 Å². The molecule has 7 nitrogen and oxygen atoms in total. The van der Waals surface area contributed by atoms with Gasteiger partial charge in [-0.2, -0.15) is 5.26 Å². The fraction of sp³-hybridized carbons (Fsp3) is 0.227. The molecular formula is C22H22N4O3. The quantitative estimate of drug-likeness (QED) is 0.648. The van der Waals surface area contributed by atoms with Crippen LogP contribution in [0.1, 0.15) is 41.9 Å². The van der Waals surface area contributed by atoms with E-state index in [4.69, 9.17) is 4.42 Å². The number of furan rings is 1. The number of nitrogens with one attached hydrogen (secondary N) is 2. The SMILES string of the molecule is Cc1oc(-n2cccc2)c(C#N)c1C(=O)Nc1ccc(NC(=O)CC(C)C)cc1. The maximum absolute atomic E-state index is 12.8. The highest BCUT2D eigenvalue weighted by Crippen LogP contribution is 2.26. The van der Waals surface area contributed by atoms with Crippen LogP contribution >= 0.6 is 0 Å². The zero-order valence-electron chi connectivity index (χ0n) is 16.5. The average molecular weight is 390 g/mol. The van der Waals surface area contributed by atoms with Crippen LogP contribution in [0.4, 0.5) is 11.4 Å². The van der Waals surface area contributed by atoms with Gasteiger partial charge in [-0.05, 0) is 49.2 Å². The van der Waals surface area contributed by atoms with E-state index in [1.54, 1.807) is 60.3 Å². The number of carbonyl (C=O) groups excluding carboxylic acids is 2. The Bertz CT molecular complexity index is 1050. The van der Waals surface area contributed by atoms with E-state index in [1.807, 2.05) is 13.8 Å². The van der Waals surface area contributed by atoms with Crippen molar-refractivity contribution in [1.29, 1.82) is 5.26 Å². The lowest BCUT2D eigenvalue weighted by molar-refractivity contribution is -0.116. The molecule has 0 saturated carbocycles. The number of benzene rings is 1. The minimum absolute atomic E-state index is 0.0537. The largest absolute Gasteiger partial charge is 0.443 e. The van der Waals surface area contributed by atoms with Gasteiger partial charge in [0.25, 0.3) is 5.91 Å². The van der Waals surface area contributed by atoms with Gasteiger partial charge in [0.15, 0.2) is 0 Å². The summed E-state index contributed by atoms with van der Waals surface area (Å²) in [7, 11) is 0. The van der Waals surface area contributed by atoms with Crippen LogP contribution < -0.4 is 10.6 Å². The zero-order valence-corrected chi connectivity index (χ0v) is 16.5. The van der Waals surface area contributed by atoms with Gasteiger partial charge in [-0.15, -0.1) is 0 Å². The van der Waals surface area contributed by atoms with Crippen LogP contribution in [0.2, 0.25) is 0 Å². The zero-order chi connectivity index (χ0) is 21.0. The normalized spacial score (nSPS) is 10.6. The first-order chi connectivity index (χ1) is 13.9. The molecule has 2 aromatic heterocycles. The number of nitrogens with zero attached hydrogens (tertiary/aromatic N) is 2. The van der Waals surface area contributed by atoms with Crippen LogP contribution in [0.15, 0.2) is 53.2 Å².